The number of alkyl carbamates (subject to hydrolysis) is 1. The van der Waals surface area contributed by atoms with Gasteiger partial charge in [-0.15, -0.1) is 24.0 Å². The van der Waals surface area contributed by atoms with E-state index in [-0.39, 0.29) is 30.1 Å². The number of aliphatic imine (C=N–C) groups is 1. The zero-order chi connectivity index (χ0) is 19.7. The smallest absolute Gasteiger partial charge is 0.407 e. The lowest BCUT2D eigenvalue weighted by Crippen LogP contribution is -2.52. The van der Waals surface area contributed by atoms with E-state index in [1.54, 1.807) is 13.3 Å². The predicted molar refractivity (Wildman–Crippen MR) is 119 cm³/mol. The Kier molecular flexibility index (Phi) is 10.6. The predicted octanol–water partition coefficient (Wildman–Crippen LogP) is 1.90. The van der Waals surface area contributed by atoms with Crippen molar-refractivity contribution < 1.29 is 14.1 Å². The van der Waals surface area contributed by atoms with Gasteiger partial charge in [-0.2, -0.15) is 0 Å². The topological polar surface area (TPSA) is 95.2 Å². The normalized spacial score (nSPS) is 15.7. The van der Waals surface area contributed by atoms with Crippen LogP contribution < -0.4 is 10.6 Å². The molecule has 0 aliphatic carbocycles. The maximum Gasteiger partial charge on any atom is 0.407 e. The van der Waals surface area contributed by atoms with Crippen LogP contribution in [-0.4, -0.2) is 78.9 Å². The van der Waals surface area contributed by atoms with Gasteiger partial charge in [-0.05, 0) is 27.2 Å². The molecule has 1 aliphatic rings. The van der Waals surface area contributed by atoms with Crippen molar-refractivity contribution in [3.63, 3.8) is 0 Å². The first-order chi connectivity index (χ1) is 12.9. The van der Waals surface area contributed by atoms with Gasteiger partial charge in [0.15, 0.2) is 5.96 Å². The van der Waals surface area contributed by atoms with Crippen LogP contribution in [0.5, 0.6) is 0 Å². The van der Waals surface area contributed by atoms with Crippen LogP contribution in [0.15, 0.2) is 21.8 Å². The van der Waals surface area contributed by atoms with Crippen molar-refractivity contribution in [2.75, 3.05) is 46.3 Å². The van der Waals surface area contributed by atoms with Crippen molar-refractivity contribution >= 4 is 36.0 Å². The second kappa shape index (κ2) is 12.1. The molecule has 1 saturated heterocycles. The number of hydrogen-bond acceptors (Lipinski definition) is 6. The lowest BCUT2D eigenvalue weighted by atomic mass is 10.2. The molecule has 0 saturated carbocycles. The van der Waals surface area contributed by atoms with Gasteiger partial charge in [0.05, 0.1) is 5.69 Å². The number of nitrogens with zero attached hydrogens (tertiary/aromatic N) is 4. The summed E-state index contributed by atoms with van der Waals surface area (Å²) in [4.78, 5) is 20.6. The monoisotopic (exact) mass is 508 g/mol. The summed E-state index contributed by atoms with van der Waals surface area (Å²) in [5.41, 5.74) is 0.489. The highest BCUT2D eigenvalue weighted by Crippen LogP contribution is 2.07. The van der Waals surface area contributed by atoms with Gasteiger partial charge < -0.3 is 24.8 Å². The standard InChI is InChI=1S/C18H32N6O3.HI/c1-18(2,3)27-17(25)21-8-5-7-20-16(19-4)24-11-9-23(10-12-24)14-15-6-13-26-22-15;/h6,13H,5,7-12,14H2,1-4H3,(H,19,20)(H,21,25);1H. The van der Waals surface area contributed by atoms with E-state index in [2.05, 4.69) is 30.6 Å². The molecule has 2 rings (SSSR count). The Hall–Kier alpha value is -1.56. The highest BCUT2D eigenvalue weighted by atomic mass is 127. The number of hydrogen-bond donors (Lipinski definition) is 2. The first kappa shape index (κ1) is 24.5. The van der Waals surface area contributed by atoms with E-state index in [9.17, 15) is 4.79 Å². The Bertz CT molecular complexity index is 595. The fraction of sp³-hybridized carbons (Fsp3) is 0.722. The summed E-state index contributed by atoms with van der Waals surface area (Å²) in [6.45, 7) is 11.4. The van der Waals surface area contributed by atoms with E-state index >= 15 is 0 Å². The summed E-state index contributed by atoms with van der Waals surface area (Å²) in [6.07, 6.45) is 2.02. The molecule has 0 atom stereocenters. The molecule has 1 aromatic rings. The number of aromatic nitrogens is 1. The summed E-state index contributed by atoms with van der Waals surface area (Å²) < 4.78 is 10.1. The molecule has 1 aliphatic heterocycles. The van der Waals surface area contributed by atoms with Crippen molar-refractivity contribution in [1.29, 1.82) is 0 Å². The molecular formula is C18H33IN6O3. The molecule has 9 nitrogen and oxygen atoms in total. The molecule has 160 valence electrons. The third-order valence-corrected chi connectivity index (χ3v) is 4.07. The number of halogens is 1. The summed E-state index contributed by atoms with van der Waals surface area (Å²) in [5.74, 6) is 0.897. The Balaban J connectivity index is 0.00000392. The number of carbonyl (C=O) groups excluding carboxylic acids is 1. The molecule has 0 unspecified atom stereocenters. The number of amides is 1. The van der Waals surface area contributed by atoms with Crippen molar-refractivity contribution in [2.45, 2.75) is 39.3 Å². The lowest BCUT2D eigenvalue weighted by molar-refractivity contribution is 0.0527. The first-order valence-corrected chi connectivity index (χ1v) is 9.41. The van der Waals surface area contributed by atoms with Gasteiger partial charge in [0.1, 0.15) is 11.9 Å². The fourth-order valence-electron chi connectivity index (χ4n) is 2.79. The quantitative estimate of drug-likeness (QED) is 0.262. The van der Waals surface area contributed by atoms with Gasteiger partial charge in [0.25, 0.3) is 0 Å². The van der Waals surface area contributed by atoms with Crippen LogP contribution in [0.1, 0.15) is 32.9 Å². The average molecular weight is 508 g/mol. The van der Waals surface area contributed by atoms with E-state index in [0.717, 1.165) is 57.3 Å². The number of piperazine rings is 1. The van der Waals surface area contributed by atoms with Gasteiger partial charge in [0, 0.05) is 58.9 Å². The molecule has 0 aromatic carbocycles. The van der Waals surface area contributed by atoms with Crippen LogP contribution in [0.2, 0.25) is 0 Å². The summed E-state index contributed by atoms with van der Waals surface area (Å²) in [6, 6.07) is 1.90. The molecule has 0 radical (unpaired) electrons. The Morgan fingerprint density at radius 1 is 1.25 bits per heavy atom. The van der Waals surface area contributed by atoms with Gasteiger partial charge in [-0.3, -0.25) is 9.89 Å². The number of rotatable bonds is 6. The van der Waals surface area contributed by atoms with Gasteiger partial charge in [-0.25, -0.2) is 4.79 Å². The van der Waals surface area contributed by atoms with Crippen LogP contribution in [0.25, 0.3) is 0 Å². The number of nitrogens with one attached hydrogen (secondary N) is 2. The third kappa shape index (κ3) is 9.09. The zero-order valence-corrected chi connectivity index (χ0v) is 19.6. The Labute approximate surface area is 184 Å². The molecule has 0 spiro atoms. The SMILES string of the molecule is CN=C(NCCCNC(=O)OC(C)(C)C)N1CCN(Cc2ccon2)CC1.I. The Morgan fingerprint density at radius 3 is 2.50 bits per heavy atom. The maximum absolute atomic E-state index is 11.6. The minimum Gasteiger partial charge on any atom is -0.444 e. The number of carbonyl (C=O) groups is 1. The Morgan fingerprint density at radius 2 is 1.93 bits per heavy atom. The van der Waals surface area contributed by atoms with E-state index in [0.29, 0.717) is 6.54 Å². The second-order valence-electron chi connectivity index (χ2n) is 7.51. The van der Waals surface area contributed by atoms with Crippen LogP contribution in [0.3, 0.4) is 0 Å². The van der Waals surface area contributed by atoms with Gasteiger partial charge >= 0.3 is 6.09 Å². The maximum atomic E-state index is 11.6. The number of guanidine groups is 1. The van der Waals surface area contributed by atoms with E-state index in [4.69, 9.17) is 9.26 Å². The van der Waals surface area contributed by atoms with Crippen molar-refractivity contribution in [3.8, 4) is 0 Å². The van der Waals surface area contributed by atoms with Crippen LogP contribution in [-0.2, 0) is 11.3 Å². The van der Waals surface area contributed by atoms with E-state index in [1.807, 2.05) is 26.8 Å². The minimum atomic E-state index is -0.472. The fourth-order valence-corrected chi connectivity index (χ4v) is 2.79. The van der Waals surface area contributed by atoms with Gasteiger partial charge in [0.2, 0.25) is 0 Å². The van der Waals surface area contributed by atoms with Crippen molar-refractivity contribution in [3.05, 3.63) is 18.0 Å². The van der Waals surface area contributed by atoms with Gasteiger partial charge in [-0.1, -0.05) is 5.16 Å². The van der Waals surface area contributed by atoms with Crippen molar-refractivity contribution in [2.24, 2.45) is 4.99 Å². The minimum absolute atomic E-state index is 0. The summed E-state index contributed by atoms with van der Waals surface area (Å²) in [5, 5.41) is 10.1. The molecule has 1 aromatic heterocycles. The van der Waals surface area contributed by atoms with E-state index < -0.39 is 5.60 Å². The molecule has 1 fully saturated rings. The van der Waals surface area contributed by atoms with Crippen LogP contribution in [0.4, 0.5) is 4.79 Å². The first-order valence-electron chi connectivity index (χ1n) is 9.41. The van der Waals surface area contributed by atoms with E-state index in [1.165, 1.54) is 0 Å². The molecule has 28 heavy (non-hydrogen) atoms. The molecule has 2 heterocycles. The summed E-state index contributed by atoms with van der Waals surface area (Å²) in [7, 11) is 1.79. The van der Waals surface area contributed by atoms with Crippen molar-refractivity contribution in [1.82, 2.24) is 25.6 Å². The van der Waals surface area contributed by atoms with Crippen LogP contribution in [0, 0.1) is 0 Å². The third-order valence-electron chi connectivity index (χ3n) is 4.07. The molecule has 1 amide bonds. The largest absolute Gasteiger partial charge is 0.444 e. The van der Waals surface area contributed by atoms with Crippen LogP contribution >= 0.6 is 24.0 Å². The summed E-state index contributed by atoms with van der Waals surface area (Å²) >= 11 is 0. The zero-order valence-electron chi connectivity index (χ0n) is 17.2. The molecule has 10 heteroatoms. The number of ether oxygens (including phenoxy) is 1. The molecular weight excluding hydrogens is 475 g/mol. The second-order valence-corrected chi connectivity index (χ2v) is 7.51. The molecule has 0 bridgehead atoms. The average Bonchev–Trinajstić information content (AvgIpc) is 3.10. The highest BCUT2D eigenvalue weighted by Gasteiger charge is 2.20. The molecule has 2 N–H and O–H groups in total. The lowest BCUT2D eigenvalue weighted by Gasteiger charge is -2.36. The highest BCUT2D eigenvalue weighted by molar-refractivity contribution is 14.0.